The zero-order valence-electron chi connectivity index (χ0n) is 41.8. The second-order valence-corrected chi connectivity index (χ2v) is 21.7. The highest BCUT2D eigenvalue weighted by Crippen LogP contribution is 2.37. The lowest BCUT2D eigenvalue weighted by Gasteiger charge is -2.46. The summed E-state index contributed by atoms with van der Waals surface area (Å²) in [5.74, 6) is -10.5. The number of hydrogen-bond acceptors (Lipinski definition) is 31. The normalized spacial score (nSPS) is 44.4. The van der Waals surface area contributed by atoms with Gasteiger partial charge in [0.15, 0.2) is 25.0 Å². The summed E-state index contributed by atoms with van der Waals surface area (Å²) in [6, 6.07) is 0. The molecule has 27 atom stereocenters. The molecule has 17 unspecified atom stereocenters. The third-order valence-electron chi connectivity index (χ3n) is 14.3. The lowest BCUT2D eigenvalue weighted by molar-refractivity contribution is -0.306. The van der Waals surface area contributed by atoms with Gasteiger partial charge >= 0.3 is 32.7 Å². The summed E-state index contributed by atoms with van der Waals surface area (Å²) < 4.78 is 135. The second-order valence-electron chi connectivity index (χ2n) is 19.6. The van der Waals surface area contributed by atoms with Crippen molar-refractivity contribution in [2.75, 3.05) is 59.5 Å². The van der Waals surface area contributed by atoms with Gasteiger partial charge in [0.25, 0.3) is 0 Å². The number of aliphatic hydroxyl groups is 12. The van der Waals surface area contributed by atoms with Gasteiger partial charge in [-0.3, -0.25) is 9.11 Å². The molecule has 35 nitrogen and oxygen atoms in total. The molecule has 0 aliphatic carbocycles. The Kier molecular flexibility index (Phi) is 23.1. The summed E-state index contributed by atoms with van der Waals surface area (Å²) >= 11 is 0. The van der Waals surface area contributed by atoms with E-state index < -0.39 is 256 Å². The Morgan fingerprint density at radius 2 is 1.03 bits per heavy atom. The molecule has 6 rings (SSSR count). The average molecular weight is 1200 g/mol. The summed E-state index contributed by atoms with van der Waals surface area (Å²) in [6.45, 7) is -3.38. The fraction of sp³-hybridized carbons (Fsp3) is 0.905. The highest BCUT2D eigenvalue weighted by Gasteiger charge is 2.53. The molecule has 37 heteroatoms. The largest absolute Gasteiger partial charge is 0.479 e. The quantitative estimate of drug-likeness (QED) is 0.0399. The first-order chi connectivity index (χ1) is 37.0. The topological polar surface area (TPSA) is 546 Å². The van der Waals surface area contributed by atoms with Crippen LogP contribution in [-0.4, -0.2) is 304 Å². The van der Waals surface area contributed by atoms with Gasteiger partial charge in [-0.25, -0.2) is 18.0 Å². The zero-order valence-corrected chi connectivity index (χ0v) is 43.4. The van der Waals surface area contributed by atoms with Crippen LogP contribution in [0.1, 0.15) is 13.8 Å². The smallest absolute Gasteiger partial charge is 0.397 e. The molecule has 0 spiro atoms. The van der Waals surface area contributed by atoms with Crippen LogP contribution in [0.2, 0.25) is 0 Å². The Hall–Kier alpha value is -2.66. The molecule has 6 aliphatic heterocycles. The SMILES string of the molecule is CC1O[C@@H](OCC2C(CO[C@@H]3OC(C(=O)O)[C@H](COC[C@@H]4OC(CO)[C@H](O)C(CO[C@@H]5OC(C)[C@H](O)C(OS(=O)(=O)O)C5O)C4CO[C@@H]4OC(C(=O)O)=CC(O)C4O)C(O)C3O)COC(CO)[C@@H]2O)C(O)C(OS(=O)(=O)O)[C@H]1O. The van der Waals surface area contributed by atoms with Crippen LogP contribution in [0.25, 0.3) is 0 Å². The Balaban J connectivity index is 1.15. The fourth-order valence-corrected chi connectivity index (χ4v) is 10.9. The van der Waals surface area contributed by atoms with Crippen molar-refractivity contribution in [1.82, 2.24) is 0 Å². The Labute approximate surface area is 449 Å². The minimum absolute atomic E-state index is 0.294. The van der Waals surface area contributed by atoms with Crippen LogP contribution < -0.4 is 0 Å². The third-order valence-corrected chi connectivity index (χ3v) is 15.3. The van der Waals surface area contributed by atoms with Crippen LogP contribution in [0.4, 0.5) is 0 Å². The fourth-order valence-electron chi connectivity index (χ4n) is 9.89. The maximum absolute atomic E-state index is 12.7. The molecule has 5 fully saturated rings. The number of aliphatic hydroxyl groups excluding tert-OH is 12. The molecular formula is C42H68O35S2. The molecule has 458 valence electrons. The van der Waals surface area contributed by atoms with E-state index in [0.717, 1.165) is 0 Å². The molecule has 6 heterocycles. The maximum atomic E-state index is 12.7. The average Bonchev–Trinajstić information content (AvgIpc) is 3.41. The van der Waals surface area contributed by atoms with E-state index in [0.29, 0.717) is 6.08 Å². The van der Waals surface area contributed by atoms with Crippen molar-refractivity contribution in [3.8, 4) is 0 Å². The van der Waals surface area contributed by atoms with Gasteiger partial charge in [0.2, 0.25) is 12.0 Å². The summed E-state index contributed by atoms with van der Waals surface area (Å²) in [7, 11) is -10.5. The molecule has 0 bridgehead atoms. The van der Waals surface area contributed by atoms with Gasteiger partial charge in [0.1, 0.15) is 67.1 Å². The molecular weight excluding hydrogens is 1130 g/mol. The van der Waals surface area contributed by atoms with Crippen molar-refractivity contribution in [2.45, 2.75) is 149 Å². The lowest BCUT2D eigenvalue weighted by atomic mass is 9.79. The predicted octanol–water partition coefficient (Wildman–Crippen LogP) is -9.09. The standard InChI is InChI=1S/C42H68O35S2/c1-13-25(46)35(76-78(59,60)61)32(53)41(71-13)68-9-16-15(6-66-22(4-43)27(16)48)7-67-40-31(52)29(50)19(34(75-40)38(57)58)8-65-12-24-17(10-69-39-30(51)20(45)3-21(74-39)37(55)56)18(28(49)23(5-44)73-24)11-70-42-33(54)36(77-79(62,63)64)26(47)14(2)72-42/h3,13-20,22-36,39-54H,4-12H2,1-2H3,(H,55,56)(H,57,58)(H,59,60,61)(H,62,63,64)/t13?,14?,15?,16?,17?,18?,19-,20?,22?,23?,24+,25+,26+,27-,28-,29?,30?,31?,32?,33?,34?,35?,36?,39-,40-,41-,42-/m1/s1. The van der Waals surface area contributed by atoms with E-state index in [1.54, 1.807) is 0 Å². The summed E-state index contributed by atoms with van der Waals surface area (Å²) in [5, 5.41) is 149. The highest BCUT2D eigenvalue weighted by molar-refractivity contribution is 7.81. The predicted molar refractivity (Wildman–Crippen MR) is 243 cm³/mol. The van der Waals surface area contributed by atoms with Gasteiger partial charge in [-0.05, 0) is 19.9 Å². The van der Waals surface area contributed by atoms with E-state index in [9.17, 15) is 107 Å². The first kappa shape index (κ1) is 65.5. The first-order valence-electron chi connectivity index (χ1n) is 24.4. The van der Waals surface area contributed by atoms with Crippen LogP contribution in [0, 0.1) is 29.6 Å². The van der Waals surface area contributed by atoms with Crippen LogP contribution in [-0.2, 0) is 90.9 Å². The molecule has 16 N–H and O–H groups in total. The Morgan fingerprint density at radius 3 is 1.54 bits per heavy atom. The Bertz CT molecular complexity index is 2240. The Morgan fingerprint density at radius 1 is 0.532 bits per heavy atom. The molecule has 5 saturated heterocycles. The monoisotopic (exact) mass is 1200 g/mol. The first-order valence-corrected chi connectivity index (χ1v) is 27.2. The van der Waals surface area contributed by atoms with Gasteiger partial charge in [-0.2, -0.15) is 16.8 Å². The molecule has 0 radical (unpaired) electrons. The van der Waals surface area contributed by atoms with Crippen molar-refractivity contribution in [1.29, 1.82) is 0 Å². The molecule has 79 heavy (non-hydrogen) atoms. The van der Waals surface area contributed by atoms with E-state index in [-0.39, 0.29) is 6.61 Å². The van der Waals surface area contributed by atoms with E-state index >= 15 is 0 Å². The number of aliphatic carboxylic acids is 2. The zero-order chi connectivity index (χ0) is 58.6. The molecule has 6 aliphatic rings. The van der Waals surface area contributed by atoms with E-state index in [2.05, 4.69) is 8.37 Å². The highest BCUT2D eigenvalue weighted by atomic mass is 32.3. The number of carboxylic acid groups (broad SMARTS) is 2. The number of hydrogen-bond donors (Lipinski definition) is 16. The molecule has 0 saturated carbocycles. The number of rotatable bonds is 24. The van der Waals surface area contributed by atoms with Gasteiger partial charge in [0, 0.05) is 29.6 Å². The minimum atomic E-state index is -5.27. The lowest BCUT2D eigenvalue weighted by Crippen LogP contribution is -2.61. The van der Waals surface area contributed by atoms with Crippen LogP contribution in [0.15, 0.2) is 11.8 Å². The molecule has 0 aromatic carbocycles. The van der Waals surface area contributed by atoms with Crippen LogP contribution >= 0.6 is 0 Å². The van der Waals surface area contributed by atoms with Gasteiger partial charge in [0.05, 0.1) is 96.1 Å². The van der Waals surface area contributed by atoms with Crippen LogP contribution in [0.3, 0.4) is 0 Å². The molecule has 0 aromatic rings. The number of ether oxygens (including phenoxy) is 11. The summed E-state index contributed by atoms with van der Waals surface area (Å²) in [5.41, 5.74) is 0. The number of carbonyl (C=O) groups is 2. The summed E-state index contributed by atoms with van der Waals surface area (Å²) in [4.78, 5) is 24.4. The van der Waals surface area contributed by atoms with Crippen molar-refractivity contribution < 1.29 is 167 Å². The van der Waals surface area contributed by atoms with Crippen LogP contribution in [0.5, 0.6) is 0 Å². The van der Waals surface area contributed by atoms with Crippen molar-refractivity contribution in [3.63, 3.8) is 0 Å². The van der Waals surface area contributed by atoms with Gasteiger partial charge in [-0.1, -0.05) is 0 Å². The number of carboxylic acids is 2. The van der Waals surface area contributed by atoms with E-state index in [1.165, 1.54) is 13.8 Å². The van der Waals surface area contributed by atoms with Crippen molar-refractivity contribution >= 4 is 32.7 Å². The van der Waals surface area contributed by atoms with Gasteiger partial charge < -0.3 is 124 Å². The summed E-state index contributed by atoms with van der Waals surface area (Å²) in [6.07, 6.45) is -38.3. The van der Waals surface area contributed by atoms with Crippen molar-refractivity contribution in [3.05, 3.63) is 11.8 Å². The molecule has 0 aromatic heterocycles. The van der Waals surface area contributed by atoms with Crippen molar-refractivity contribution in [2.24, 2.45) is 29.6 Å². The maximum Gasteiger partial charge on any atom is 0.397 e. The minimum Gasteiger partial charge on any atom is -0.479 e. The van der Waals surface area contributed by atoms with E-state index in [1.807, 2.05) is 0 Å². The van der Waals surface area contributed by atoms with Gasteiger partial charge in [-0.15, -0.1) is 0 Å². The third kappa shape index (κ3) is 16.2. The van der Waals surface area contributed by atoms with E-state index in [4.69, 9.17) is 52.1 Å². The second kappa shape index (κ2) is 27.8. The molecule has 0 amide bonds.